The number of methoxy groups -OCH3 is 2. The molecule has 2 fully saturated rings. The van der Waals surface area contributed by atoms with Crippen molar-refractivity contribution in [2.45, 2.75) is 62.8 Å². The number of anilines is 3. The van der Waals surface area contributed by atoms with Crippen LogP contribution in [0.2, 0.25) is 0 Å². The monoisotopic (exact) mass is 495 g/mol. The first-order chi connectivity index (χ1) is 17.5. The highest BCUT2D eigenvalue weighted by Crippen LogP contribution is 2.29. The molecule has 11 nitrogen and oxygen atoms in total. The van der Waals surface area contributed by atoms with E-state index in [9.17, 15) is 9.59 Å². The highest BCUT2D eigenvalue weighted by molar-refractivity contribution is 6.00. The maximum Gasteiger partial charge on any atom is 0.274 e. The predicted octanol–water partition coefficient (Wildman–Crippen LogP) is 2.71. The third kappa shape index (κ3) is 4.56. The van der Waals surface area contributed by atoms with E-state index in [-0.39, 0.29) is 35.8 Å². The van der Waals surface area contributed by atoms with Crippen molar-refractivity contribution in [1.29, 1.82) is 0 Å². The van der Waals surface area contributed by atoms with E-state index in [1.165, 1.54) is 6.20 Å². The standard InChI is InChI=1S/C25H33N7O4/c1-26-22-13-21(28-19-5-4-12-31(25(19)34)15-6-8-16(35-2)9-7-15)30-23-17(14-27-32(22)23)24(33)29-18-10-11-20(18)36-3/h4-5,12-16,18,20,26H,6-11H2,1-3H3,(H,28,30)(H,29,33)/t15?,16?,18?,20-/m1/s1. The third-order valence-corrected chi connectivity index (χ3v) is 7.41. The van der Waals surface area contributed by atoms with Gasteiger partial charge in [0.25, 0.3) is 11.5 Å². The maximum absolute atomic E-state index is 13.3. The molecule has 3 aromatic rings. The van der Waals surface area contributed by atoms with Crippen molar-refractivity contribution < 1.29 is 14.3 Å². The Morgan fingerprint density at radius 1 is 1.11 bits per heavy atom. The Balaban J connectivity index is 1.41. The van der Waals surface area contributed by atoms with Crippen LogP contribution >= 0.6 is 0 Å². The summed E-state index contributed by atoms with van der Waals surface area (Å²) in [6.45, 7) is 0. The lowest BCUT2D eigenvalue weighted by molar-refractivity contribution is 0.00732. The molecular formula is C25H33N7O4. The lowest BCUT2D eigenvalue weighted by Crippen LogP contribution is -2.51. The van der Waals surface area contributed by atoms with Crippen molar-refractivity contribution in [1.82, 2.24) is 24.5 Å². The topological polar surface area (TPSA) is 124 Å². The molecular weight excluding hydrogens is 462 g/mol. The van der Waals surface area contributed by atoms with Gasteiger partial charge in [0, 0.05) is 39.6 Å². The van der Waals surface area contributed by atoms with Gasteiger partial charge in [-0.2, -0.15) is 9.61 Å². The van der Waals surface area contributed by atoms with E-state index in [2.05, 4.69) is 26.0 Å². The zero-order valence-corrected chi connectivity index (χ0v) is 20.9. The van der Waals surface area contributed by atoms with Crippen molar-refractivity contribution >= 4 is 28.9 Å². The third-order valence-electron chi connectivity index (χ3n) is 7.41. The van der Waals surface area contributed by atoms with Crippen LogP contribution in [-0.2, 0) is 9.47 Å². The number of carbonyl (C=O) groups excluding carboxylic acids is 1. The average Bonchev–Trinajstić information content (AvgIpc) is 3.32. The van der Waals surface area contributed by atoms with Crippen LogP contribution in [0, 0.1) is 0 Å². The van der Waals surface area contributed by atoms with Gasteiger partial charge >= 0.3 is 0 Å². The second kappa shape index (κ2) is 10.3. The largest absolute Gasteiger partial charge is 0.381 e. The Morgan fingerprint density at radius 3 is 2.58 bits per heavy atom. The van der Waals surface area contributed by atoms with E-state index in [0.717, 1.165) is 38.5 Å². The quantitative estimate of drug-likeness (QED) is 0.436. The van der Waals surface area contributed by atoms with Crippen molar-refractivity contribution in [2.24, 2.45) is 0 Å². The summed E-state index contributed by atoms with van der Waals surface area (Å²) in [5.41, 5.74) is 1.07. The molecule has 2 aliphatic rings. The minimum absolute atomic E-state index is 0.0238. The van der Waals surface area contributed by atoms with Gasteiger partial charge in [-0.25, -0.2) is 4.98 Å². The van der Waals surface area contributed by atoms with Crippen LogP contribution in [-0.4, -0.2) is 64.6 Å². The van der Waals surface area contributed by atoms with Crippen molar-refractivity contribution in [3.05, 3.63) is 46.5 Å². The summed E-state index contributed by atoms with van der Waals surface area (Å²) in [4.78, 5) is 31.0. The van der Waals surface area contributed by atoms with E-state index in [1.807, 2.05) is 12.3 Å². The van der Waals surface area contributed by atoms with Gasteiger partial charge in [0.1, 0.15) is 22.9 Å². The normalized spacial score (nSPS) is 23.8. The number of ether oxygens (including phenoxy) is 2. The van der Waals surface area contributed by atoms with Gasteiger partial charge < -0.3 is 30.0 Å². The van der Waals surface area contributed by atoms with Crippen molar-refractivity contribution in [3.8, 4) is 0 Å². The smallest absolute Gasteiger partial charge is 0.274 e. The minimum Gasteiger partial charge on any atom is -0.381 e. The number of fused-ring (bicyclic) bond motifs is 1. The fourth-order valence-electron chi connectivity index (χ4n) is 5.12. The SMILES string of the molecule is CNc1cc(Nc2cccn(C3CCC(OC)CC3)c2=O)nc2c(C(=O)NC3CC[C@H]3OC)cnn12. The molecule has 1 amide bonds. The number of amides is 1. The summed E-state index contributed by atoms with van der Waals surface area (Å²) < 4.78 is 14.2. The molecule has 3 N–H and O–H groups in total. The first-order valence-corrected chi connectivity index (χ1v) is 12.4. The van der Waals surface area contributed by atoms with Gasteiger partial charge in [0.05, 0.1) is 24.4 Å². The zero-order chi connectivity index (χ0) is 25.2. The average molecular weight is 496 g/mol. The van der Waals surface area contributed by atoms with Gasteiger partial charge in [-0.1, -0.05) is 0 Å². The molecule has 192 valence electrons. The molecule has 2 atom stereocenters. The molecule has 0 radical (unpaired) electrons. The van der Waals surface area contributed by atoms with Crippen LogP contribution in [0.3, 0.4) is 0 Å². The van der Waals surface area contributed by atoms with E-state index < -0.39 is 0 Å². The number of nitrogens with one attached hydrogen (secondary N) is 3. The number of nitrogens with zero attached hydrogens (tertiary/aromatic N) is 4. The summed E-state index contributed by atoms with van der Waals surface area (Å²) in [6.07, 6.45) is 9.11. The molecule has 36 heavy (non-hydrogen) atoms. The maximum atomic E-state index is 13.3. The van der Waals surface area contributed by atoms with Gasteiger partial charge in [-0.15, -0.1) is 0 Å². The van der Waals surface area contributed by atoms with E-state index in [0.29, 0.717) is 28.5 Å². The Morgan fingerprint density at radius 2 is 1.92 bits per heavy atom. The summed E-state index contributed by atoms with van der Waals surface area (Å²) in [5.74, 6) is 0.823. The van der Waals surface area contributed by atoms with Crippen molar-refractivity contribution in [3.63, 3.8) is 0 Å². The number of rotatable bonds is 8. The van der Waals surface area contributed by atoms with Crippen molar-refractivity contribution in [2.75, 3.05) is 31.9 Å². The van der Waals surface area contributed by atoms with Gasteiger partial charge in [-0.3, -0.25) is 9.59 Å². The van der Waals surface area contributed by atoms with Gasteiger partial charge in [-0.05, 0) is 50.7 Å². The Bertz CT molecular complexity index is 1290. The second-order valence-corrected chi connectivity index (χ2v) is 9.43. The first-order valence-electron chi connectivity index (χ1n) is 12.4. The number of carbonyl (C=O) groups is 1. The Hall–Kier alpha value is -3.44. The molecule has 11 heteroatoms. The highest BCUT2D eigenvalue weighted by atomic mass is 16.5. The molecule has 3 aromatic heterocycles. The molecule has 0 saturated heterocycles. The van der Waals surface area contributed by atoms with Gasteiger partial charge in [0.2, 0.25) is 0 Å². The van der Waals surface area contributed by atoms with E-state index in [4.69, 9.17) is 9.47 Å². The summed E-state index contributed by atoms with van der Waals surface area (Å²) >= 11 is 0. The van der Waals surface area contributed by atoms with Crippen LogP contribution in [0.1, 0.15) is 54.9 Å². The fraction of sp³-hybridized carbons (Fsp3) is 0.520. The second-order valence-electron chi connectivity index (χ2n) is 9.43. The molecule has 1 unspecified atom stereocenters. The molecule has 5 rings (SSSR count). The zero-order valence-electron chi connectivity index (χ0n) is 20.9. The van der Waals surface area contributed by atoms with E-state index in [1.54, 1.807) is 42.5 Å². The number of hydrogen-bond acceptors (Lipinski definition) is 8. The molecule has 3 heterocycles. The predicted molar refractivity (Wildman–Crippen MR) is 136 cm³/mol. The minimum atomic E-state index is -0.253. The van der Waals surface area contributed by atoms with E-state index >= 15 is 0 Å². The van der Waals surface area contributed by atoms with Crippen LogP contribution < -0.4 is 21.5 Å². The first kappa shape index (κ1) is 24.3. The van der Waals surface area contributed by atoms with Gasteiger partial charge in [0.15, 0.2) is 5.65 Å². The molecule has 0 bridgehead atoms. The number of aromatic nitrogens is 4. The summed E-state index contributed by atoms with van der Waals surface area (Å²) in [6, 6.07) is 5.49. The molecule has 0 aliphatic heterocycles. The number of pyridine rings is 1. The van der Waals surface area contributed by atoms with Crippen LogP contribution in [0.5, 0.6) is 0 Å². The Labute approximate surface area is 209 Å². The molecule has 0 spiro atoms. The highest BCUT2D eigenvalue weighted by Gasteiger charge is 2.33. The lowest BCUT2D eigenvalue weighted by atomic mass is 9.89. The summed E-state index contributed by atoms with van der Waals surface area (Å²) in [5, 5.41) is 13.6. The lowest BCUT2D eigenvalue weighted by Gasteiger charge is -2.35. The molecule has 2 saturated carbocycles. The molecule has 0 aromatic carbocycles. The summed E-state index contributed by atoms with van der Waals surface area (Å²) in [7, 11) is 5.16. The van der Waals surface area contributed by atoms with Crippen LogP contribution in [0.25, 0.3) is 5.65 Å². The fourth-order valence-corrected chi connectivity index (χ4v) is 5.12. The van der Waals surface area contributed by atoms with Crippen LogP contribution in [0.15, 0.2) is 35.4 Å². The Kier molecular flexibility index (Phi) is 6.92. The van der Waals surface area contributed by atoms with Crippen LogP contribution in [0.4, 0.5) is 17.3 Å². The molecule has 2 aliphatic carbocycles. The number of hydrogen-bond donors (Lipinski definition) is 3.